The third-order valence-corrected chi connectivity index (χ3v) is 3.08. The minimum atomic E-state index is -0.779. The summed E-state index contributed by atoms with van der Waals surface area (Å²) < 4.78 is 6.09. The van der Waals surface area contributed by atoms with Gasteiger partial charge in [-0.25, -0.2) is 0 Å². The van der Waals surface area contributed by atoms with Crippen molar-refractivity contribution in [3.05, 3.63) is 21.5 Å². The van der Waals surface area contributed by atoms with Crippen LogP contribution in [-0.4, -0.2) is 64.0 Å². The first-order chi connectivity index (χ1) is 9.77. The first kappa shape index (κ1) is 17.1. The van der Waals surface area contributed by atoms with Crippen LogP contribution in [0.1, 0.15) is 11.4 Å². The third kappa shape index (κ3) is 4.23. The lowest BCUT2D eigenvalue weighted by molar-refractivity contribution is -0.386. The number of amides is 1. The van der Waals surface area contributed by atoms with Gasteiger partial charge in [0.2, 0.25) is 5.91 Å². The molecule has 1 aromatic rings. The molecule has 0 fully saturated rings. The average molecular weight is 300 g/mol. The van der Waals surface area contributed by atoms with Gasteiger partial charge in [0.05, 0.1) is 17.6 Å². The Morgan fingerprint density at radius 3 is 2.67 bits per heavy atom. The largest absolute Gasteiger partial charge is 0.389 e. The molecule has 0 spiro atoms. The fraction of sp³-hybridized carbons (Fsp3) is 0.667. The molecule has 0 aliphatic rings. The Morgan fingerprint density at radius 1 is 1.57 bits per heavy atom. The zero-order chi connectivity index (χ0) is 16.2. The Kier molecular flexibility index (Phi) is 5.79. The highest BCUT2D eigenvalue weighted by atomic mass is 16.6. The zero-order valence-electron chi connectivity index (χ0n) is 12.6. The second-order valence-corrected chi connectivity index (χ2v) is 4.82. The molecular weight excluding hydrogens is 280 g/mol. The molecule has 1 heterocycles. The van der Waals surface area contributed by atoms with Gasteiger partial charge in [-0.3, -0.25) is 19.6 Å². The van der Waals surface area contributed by atoms with E-state index in [1.807, 2.05) is 0 Å². The average Bonchev–Trinajstić information content (AvgIpc) is 2.64. The molecule has 9 nitrogen and oxygen atoms in total. The predicted octanol–water partition coefficient (Wildman–Crippen LogP) is -0.126. The summed E-state index contributed by atoms with van der Waals surface area (Å²) in [7, 11) is 3.00. The van der Waals surface area contributed by atoms with Crippen LogP contribution in [-0.2, 0) is 16.1 Å². The second kappa shape index (κ2) is 7.14. The molecule has 1 rings (SSSR count). The standard InChI is InChI=1S/C12H20N4O5/c1-8-12(16(19)20)9(2)15(13-8)6-11(18)14(3)5-10(17)7-21-4/h10,17H,5-7H2,1-4H3. The number of aliphatic hydroxyl groups is 1. The van der Waals surface area contributed by atoms with Crippen LogP contribution >= 0.6 is 0 Å². The molecule has 0 saturated carbocycles. The van der Waals surface area contributed by atoms with Crippen LogP contribution in [0, 0.1) is 24.0 Å². The van der Waals surface area contributed by atoms with Gasteiger partial charge >= 0.3 is 5.69 Å². The first-order valence-corrected chi connectivity index (χ1v) is 6.37. The van der Waals surface area contributed by atoms with Gasteiger partial charge in [-0.2, -0.15) is 5.10 Å². The van der Waals surface area contributed by atoms with Crippen molar-refractivity contribution >= 4 is 11.6 Å². The monoisotopic (exact) mass is 300 g/mol. The van der Waals surface area contributed by atoms with Crippen LogP contribution in [0.15, 0.2) is 0 Å². The summed E-state index contributed by atoms with van der Waals surface area (Å²) in [6.07, 6.45) is -0.779. The number of methoxy groups -OCH3 is 1. The van der Waals surface area contributed by atoms with Gasteiger partial charge in [0, 0.05) is 20.7 Å². The quantitative estimate of drug-likeness (QED) is 0.555. The summed E-state index contributed by atoms with van der Waals surface area (Å²) >= 11 is 0. The molecule has 1 unspecified atom stereocenters. The Bertz CT molecular complexity index is 528. The summed E-state index contributed by atoms with van der Waals surface area (Å²) in [4.78, 5) is 23.8. The van der Waals surface area contributed by atoms with Gasteiger partial charge < -0.3 is 14.7 Å². The number of nitrogens with zero attached hydrogens (tertiary/aromatic N) is 4. The van der Waals surface area contributed by atoms with Crippen LogP contribution in [0.2, 0.25) is 0 Å². The second-order valence-electron chi connectivity index (χ2n) is 4.82. The highest BCUT2D eigenvalue weighted by molar-refractivity contribution is 5.75. The van der Waals surface area contributed by atoms with Gasteiger partial charge in [-0.15, -0.1) is 0 Å². The molecule has 0 bridgehead atoms. The fourth-order valence-electron chi connectivity index (χ4n) is 2.02. The number of carbonyl (C=O) groups is 1. The first-order valence-electron chi connectivity index (χ1n) is 6.37. The van der Waals surface area contributed by atoms with Crippen molar-refractivity contribution in [2.75, 3.05) is 27.3 Å². The van der Waals surface area contributed by atoms with Gasteiger partial charge in [-0.1, -0.05) is 0 Å². The van der Waals surface area contributed by atoms with E-state index in [1.165, 1.54) is 23.6 Å². The number of ether oxygens (including phenoxy) is 1. The van der Waals surface area contributed by atoms with E-state index >= 15 is 0 Å². The van der Waals surface area contributed by atoms with Crippen molar-refractivity contribution in [3.63, 3.8) is 0 Å². The van der Waals surface area contributed by atoms with Crippen molar-refractivity contribution in [3.8, 4) is 0 Å². The topological polar surface area (TPSA) is 111 Å². The van der Waals surface area contributed by atoms with Crippen LogP contribution in [0.5, 0.6) is 0 Å². The van der Waals surface area contributed by atoms with E-state index in [4.69, 9.17) is 4.74 Å². The maximum absolute atomic E-state index is 12.0. The lowest BCUT2D eigenvalue weighted by Gasteiger charge is -2.20. The van der Waals surface area contributed by atoms with E-state index in [9.17, 15) is 20.0 Å². The molecule has 0 aromatic carbocycles. The minimum absolute atomic E-state index is 0.0788. The maximum Gasteiger partial charge on any atom is 0.312 e. The predicted molar refractivity (Wildman–Crippen MR) is 73.9 cm³/mol. The summed E-state index contributed by atoms with van der Waals surface area (Å²) in [6.45, 7) is 3.21. The van der Waals surface area contributed by atoms with E-state index in [-0.39, 0.29) is 37.0 Å². The molecular formula is C12H20N4O5. The Labute approximate surface area is 122 Å². The van der Waals surface area contributed by atoms with E-state index < -0.39 is 11.0 Å². The minimum Gasteiger partial charge on any atom is -0.389 e. The molecule has 21 heavy (non-hydrogen) atoms. The highest BCUT2D eigenvalue weighted by Crippen LogP contribution is 2.21. The lowest BCUT2D eigenvalue weighted by Crippen LogP contribution is -2.38. The third-order valence-electron chi connectivity index (χ3n) is 3.08. The van der Waals surface area contributed by atoms with E-state index in [0.29, 0.717) is 5.69 Å². The highest BCUT2D eigenvalue weighted by Gasteiger charge is 2.23. The smallest absolute Gasteiger partial charge is 0.312 e. The summed E-state index contributed by atoms with van der Waals surface area (Å²) in [5.41, 5.74) is 0.522. The number of nitro groups is 1. The molecule has 0 saturated heterocycles. The molecule has 1 atom stereocenters. The van der Waals surface area contributed by atoms with Crippen molar-refractivity contribution in [2.45, 2.75) is 26.5 Å². The van der Waals surface area contributed by atoms with Crippen LogP contribution < -0.4 is 0 Å². The fourth-order valence-corrected chi connectivity index (χ4v) is 2.02. The summed E-state index contributed by atoms with van der Waals surface area (Å²) in [5, 5.41) is 24.5. The number of aliphatic hydroxyl groups excluding tert-OH is 1. The van der Waals surface area contributed by atoms with Crippen LogP contribution in [0.4, 0.5) is 5.69 Å². The van der Waals surface area contributed by atoms with Crippen molar-refractivity contribution in [2.24, 2.45) is 0 Å². The van der Waals surface area contributed by atoms with Crippen molar-refractivity contribution < 1.29 is 19.6 Å². The van der Waals surface area contributed by atoms with Gasteiger partial charge in [0.15, 0.2) is 0 Å². The lowest BCUT2D eigenvalue weighted by atomic mass is 10.3. The van der Waals surface area contributed by atoms with Crippen LogP contribution in [0.3, 0.4) is 0 Å². The van der Waals surface area contributed by atoms with E-state index in [0.717, 1.165) is 0 Å². The van der Waals surface area contributed by atoms with Gasteiger partial charge in [-0.05, 0) is 13.8 Å². The zero-order valence-corrected chi connectivity index (χ0v) is 12.6. The van der Waals surface area contributed by atoms with Gasteiger partial charge in [0.25, 0.3) is 0 Å². The van der Waals surface area contributed by atoms with Crippen molar-refractivity contribution in [1.29, 1.82) is 0 Å². The number of hydrogen-bond acceptors (Lipinski definition) is 6. The Morgan fingerprint density at radius 2 is 2.19 bits per heavy atom. The normalized spacial score (nSPS) is 12.2. The molecule has 118 valence electrons. The molecule has 1 amide bonds. The number of aromatic nitrogens is 2. The summed E-state index contributed by atoms with van der Waals surface area (Å²) in [5.74, 6) is -0.300. The van der Waals surface area contributed by atoms with Gasteiger partial charge in [0.1, 0.15) is 17.9 Å². The maximum atomic E-state index is 12.0. The molecule has 0 aliphatic carbocycles. The summed E-state index contributed by atoms with van der Waals surface area (Å²) in [6, 6.07) is 0. The SMILES string of the molecule is COCC(O)CN(C)C(=O)Cn1nc(C)c([N+](=O)[O-])c1C. The number of rotatable bonds is 7. The number of aryl methyl sites for hydroxylation is 1. The van der Waals surface area contributed by atoms with E-state index in [1.54, 1.807) is 14.0 Å². The molecule has 1 N–H and O–H groups in total. The van der Waals surface area contributed by atoms with E-state index in [2.05, 4.69) is 5.10 Å². The Hall–Kier alpha value is -2.00. The van der Waals surface area contributed by atoms with Crippen molar-refractivity contribution in [1.82, 2.24) is 14.7 Å². The van der Waals surface area contributed by atoms with Crippen LogP contribution in [0.25, 0.3) is 0 Å². The molecule has 0 aliphatic heterocycles. The number of likely N-dealkylation sites (N-methyl/N-ethyl adjacent to an activating group) is 1. The molecule has 9 heteroatoms. The number of carbonyl (C=O) groups excluding carboxylic acids is 1. The Balaban J connectivity index is 2.75. The molecule has 1 aromatic heterocycles. The molecule has 0 radical (unpaired) electrons. The number of hydrogen-bond donors (Lipinski definition) is 1.